The molecule has 1 aromatic carbocycles. The first-order chi connectivity index (χ1) is 12.5. The molecule has 0 radical (unpaired) electrons. The number of nitrogens with zero attached hydrogens (tertiary/aromatic N) is 2. The lowest BCUT2D eigenvalue weighted by Gasteiger charge is -2.30. The fourth-order valence-electron chi connectivity index (χ4n) is 3.24. The highest BCUT2D eigenvalue weighted by Gasteiger charge is 2.33. The van der Waals surface area contributed by atoms with Crippen LogP contribution >= 0.6 is 0 Å². The molecule has 1 aromatic rings. The van der Waals surface area contributed by atoms with Gasteiger partial charge in [0.1, 0.15) is 0 Å². The van der Waals surface area contributed by atoms with Gasteiger partial charge in [-0.15, -0.1) is 0 Å². The summed E-state index contributed by atoms with van der Waals surface area (Å²) >= 11 is 0. The SMILES string of the molecule is CCN(C(C)C)S(=O)(=O)c1ccc(S(=O)(=O)N2CCC[C@@H](C(=O)O)C2)cc1. The first-order valence-electron chi connectivity index (χ1n) is 8.86. The summed E-state index contributed by atoms with van der Waals surface area (Å²) in [6.45, 7) is 5.78. The van der Waals surface area contributed by atoms with E-state index in [1.165, 1.54) is 28.6 Å². The number of piperidine rings is 1. The van der Waals surface area contributed by atoms with E-state index in [1.807, 2.05) is 0 Å². The molecule has 0 aliphatic carbocycles. The first-order valence-corrected chi connectivity index (χ1v) is 11.7. The van der Waals surface area contributed by atoms with E-state index in [2.05, 4.69) is 0 Å². The van der Waals surface area contributed by atoms with Gasteiger partial charge in [0.05, 0.1) is 15.7 Å². The maximum atomic E-state index is 12.8. The van der Waals surface area contributed by atoms with Crippen molar-refractivity contribution in [3.63, 3.8) is 0 Å². The van der Waals surface area contributed by atoms with Crippen molar-refractivity contribution in [2.24, 2.45) is 5.92 Å². The normalized spacial score (nSPS) is 19.5. The number of sulfonamides is 2. The standard InChI is InChI=1S/C17H26N2O6S2/c1-4-19(13(2)3)27(24,25)16-9-7-15(8-10-16)26(22,23)18-11-5-6-14(12-18)17(20)21/h7-10,13-14H,4-6,11-12H2,1-3H3,(H,20,21)/t14-/m1/s1. The molecule has 152 valence electrons. The van der Waals surface area contributed by atoms with E-state index < -0.39 is 31.9 Å². The molecule has 1 heterocycles. The third kappa shape index (κ3) is 4.50. The summed E-state index contributed by atoms with van der Waals surface area (Å²) in [4.78, 5) is 11.2. The van der Waals surface area contributed by atoms with Crippen LogP contribution in [-0.2, 0) is 24.8 Å². The highest BCUT2D eigenvalue weighted by Crippen LogP contribution is 2.26. The van der Waals surface area contributed by atoms with Crippen molar-refractivity contribution >= 4 is 26.0 Å². The van der Waals surface area contributed by atoms with Crippen LogP contribution in [0, 0.1) is 5.92 Å². The number of rotatable bonds is 7. The minimum atomic E-state index is -3.87. The van der Waals surface area contributed by atoms with E-state index in [0.29, 0.717) is 19.4 Å². The van der Waals surface area contributed by atoms with Crippen LogP contribution in [0.15, 0.2) is 34.1 Å². The van der Waals surface area contributed by atoms with Gasteiger partial charge in [-0.2, -0.15) is 8.61 Å². The van der Waals surface area contributed by atoms with Crippen molar-refractivity contribution in [2.75, 3.05) is 19.6 Å². The van der Waals surface area contributed by atoms with Crippen molar-refractivity contribution in [3.8, 4) is 0 Å². The van der Waals surface area contributed by atoms with Crippen LogP contribution in [0.2, 0.25) is 0 Å². The zero-order valence-corrected chi connectivity index (χ0v) is 17.3. The van der Waals surface area contributed by atoms with Gasteiger partial charge in [0.25, 0.3) is 0 Å². The van der Waals surface area contributed by atoms with Crippen LogP contribution in [-0.4, -0.2) is 62.2 Å². The molecule has 1 aliphatic heterocycles. The average Bonchev–Trinajstić information content (AvgIpc) is 2.62. The number of benzene rings is 1. The number of aliphatic carboxylic acids is 1. The molecule has 8 nitrogen and oxygen atoms in total. The van der Waals surface area contributed by atoms with Crippen LogP contribution in [0.4, 0.5) is 0 Å². The smallest absolute Gasteiger partial charge is 0.307 e. The van der Waals surface area contributed by atoms with Crippen molar-refractivity contribution in [3.05, 3.63) is 24.3 Å². The van der Waals surface area contributed by atoms with E-state index in [1.54, 1.807) is 20.8 Å². The zero-order valence-electron chi connectivity index (χ0n) is 15.7. The average molecular weight is 419 g/mol. The molecule has 1 saturated heterocycles. The highest BCUT2D eigenvalue weighted by atomic mass is 32.2. The zero-order chi connectivity index (χ0) is 20.4. The van der Waals surface area contributed by atoms with Crippen molar-refractivity contribution < 1.29 is 26.7 Å². The summed E-state index contributed by atoms with van der Waals surface area (Å²) in [7, 11) is -7.58. The molecule has 0 saturated carbocycles. The van der Waals surface area contributed by atoms with Crippen LogP contribution in [0.25, 0.3) is 0 Å². The summed E-state index contributed by atoms with van der Waals surface area (Å²) in [6.07, 6.45) is 0.920. The Labute approximate surface area is 160 Å². The molecule has 0 aromatic heterocycles. The summed E-state index contributed by atoms with van der Waals surface area (Å²) in [5.74, 6) is -1.73. The lowest BCUT2D eigenvalue weighted by molar-refractivity contribution is -0.142. The van der Waals surface area contributed by atoms with Gasteiger partial charge in [0.15, 0.2) is 0 Å². The third-order valence-electron chi connectivity index (χ3n) is 4.69. The highest BCUT2D eigenvalue weighted by molar-refractivity contribution is 7.89. The number of hydrogen-bond acceptors (Lipinski definition) is 5. The van der Waals surface area contributed by atoms with Gasteiger partial charge in [-0.1, -0.05) is 6.92 Å². The maximum absolute atomic E-state index is 12.8. The van der Waals surface area contributed by atoms with Gasteiger partial charge in [0.2, 0.25) is 20.0 Å². The fraction of sp³-hybridized carbons (Fsp3) is 0.588. The number of carboxylic acid groups (broad SMARTS) is 1. The molecule has 1 atom stereocenters. The summed E-state index contributed by atoms with van der Waals surface area (Å²) in [5, 5.41) is 9.15. The van der Waals surface area contributed by atoms with Gasteiger partial charge in [0, 0.05) is 25.7 Å². The topological polar surface area (TPSA) is 112 Å². The monoisotopic (exact) mass is 418 g/mol. The van der Waals surface area contributed by atoms with Gasteiger partial charge in [-0.3, -0.25) is 4.79 Å². The quantitative estimate of drug-likeness (QED) is 0.720. The van der Waals surface area contributed by atoms with Gasteiger partial charge < -0.3 is 5.11 Å². The molecule has 0 bridgehead atoms. The lowest BCUT2D eigenvalue weighted by Crippen LogP contribution is -2.42. The summed E-state index contributed by atoms with van der Waals surface area (Å²) in [6, 6.07) is 4.88. The van der Waals surface area contributed by atoms with Gasteiger partial charge >= 0.3 is 5.97 Å². The Morgan fingerprint density at radius 3 is 2.22 bits per heavy atom. The van der Waals surface area contributed by atoms with Crippen LogP contribution in [0.1, 0.15) is 33.6 Å². The van der Waals surface area contributed by atoms with Gasteiger partial charge in [-0.05, 0) is 51.0 Å². The van der Waals surface area contributed by atoms with Gasteiger partial charge in [-0.25, -0.2) is 16.8 Å². The molecular weight excluding hydrogens is 392 g/mol. The number of carboxylic acids is 1. The van der Waals surface area contributed by atoms with Crippen molar-refractivity contribution in [1.82, 2.24) is 8.61 Å². The van der Waals surface area contributed by atoms with E-state index in [9.17, 15) is 21.6 Å². The largest absolute Gasteiger partial charge is 0.481 e. The molecule has 0 amide bonds. The Balaban J connectivity index is 2.29. The van der Waals surface area contributed by atoms with Crippen molar-refractivity contribution in [1.29, 1.82) is 0 Å². The number of hydrogen-bond donors (Lipinski definition) is 1. The van der Waals surface area contributed by atoms with Crippen molar-refractivity contribution in [2.45, 2.75) is 49.4 Å². The molecule has 0 unspecified atom stereocenters. The second-order valence-corrected chi connectivity index (χ2v) is 10.6. The Bertz CT molecular complexity index is 879. The summed E-state index contributed by atoms with van der Waals surface area (Å²) in [5.41, 5.74) is 0. The van der Waals surface area contributed by atoms with E-state index in [0.717, 1.165) is 4.31 Å². The molecule has 10 heteroatoms. The van der Waals surface area contributed by atoms with E-state index >= 15 is 0 Å². The number of carbonyl (C=O) groups is 1. The Hall–Kier alpha value is -1.49. The molecular formula is C17H26N2O6S2. The fourth-order valence-corrected chi connectivity index (χ4v) is 6.41. The second kappa shape index (κ2) is 8.26. The van der Waals surface area contributed by atoms with E-state index in [-0.39, 0.29) is 28.9 Å². The molecule has 2 rings (SSSR count). The second-order valence-electron chi connectivity index (χ2n) is 6.81. The predicted molar refractivity (Wildman–Crippen MR) is 100 cm³/mol. The maximum Gasteiger partial charge on any atom is 0.307 e. The summed E-state index contributed by atoms with van der Waals surface area (Å²) < 4.78 is 53.4. The Kier molecular flexibility index (Phi) is 6.67. The Morgan fingerprint density at radius 2 is 1.74 bits per heavy atom. The molecule has 1 N–H and O–H groups in total. The molecule has 27 heavy (non-hydrogen) atoms. The Morgan fingerprint density at radius 1 is 1.19 bits per heavy atom. The molecule has 0 spiro atoms. The van der Waals surface area contributed by atoms with Crippen LogP contribution < -0.4 is 0 Å². The minimum Gasteiger partial charge on any atom is -0.481 e. The minimum absolute atomic E-state index is 0.0269. The third-order valence-corrected chi connectivity index (χ3v) is 8.73. The molecule has 1 aliphatic rings. The van der Waals surface area contributed by atoms with Crippen LogP contribution in [0.5, 0.6) is 0 Å². The predicted octanol–water partition coefficient (Wildman–Crippen LogP) is 1.59. The van der Waals surface area contributed by atoms with Crippen LogP contribution in [0.3, 0.4) is 0 Å². The molecule has 1 fully saturated rings. The lowest BCUT2D eigenvalue weighted by atomic mass is 10.0. The van der Waals surface area contributed by atoms with E-state index in [4.69, 9.17) is 5.11 Å². The first kappa shape index (κ1) is 21.8.